The summed E-state index contributed by atoms with van der Waals surface area (Å²) in [5.74, 6) is 1.14. The van der Waals surface area contributed by atoms with Crippen molar-refractivity contribution in [2.24, 2.45) is 16.5 Å². The molecule has 1 aromatic carbocycles. The molecule has 118 valence electrons. The van der Waals surface area contributed by atoms with Gasteiger partial charge in [-0.2, -0.15) is 0 Å². The van der Waals surface area contributed by atoms with Gasteiger partial charge in [-0.15, -0.1) is 0 Å². The zero-order valence-corrected chi connectivity index (χ0v) is 13.8. The van der Waals surface area contributed by atoms with Crippen molar-refractivity contribution in [2.75, 3.05) is 12.4 Å². The van der Waals surface area contributed by atoms with Crippen molar-refractivity contribution in [1.82, 2.24) is 0 Å². The molecule has 6 heteroatoms. The first kappa shape index (κ1) is 16.1. The largest absolute Gasteiger partial charge is 0.495 e. The van der Waals surface area contributed by atoms with Crippen LogP contribution in [0.25, 0.3) is 0 Å². The summed E-state index contributed by atoms with van der Waals surface area (Å²) < 4.78 is 28.3. The lowest BCUT2D eigenvalue weighted by atomic mass is 9.91. The molecule has 2 atom stereocenters. The summed E-state index contributed by atoms with van der Waals surface area (Å²) in [5, 5.41) is 8.63. The van der Waals surface area contributed by atoms with Gasteiger partial charge in [0.25, 0.3) is 0 Å². The first-order chi connectivity index (χ1) is 9.62. The number of methoxy groups -OCH3 is 1. The Kier molecular flexibility index (Phi) is 4.22. The van der Waals surface area contributed by atoms with E-state index in [1.165, 1.54) is 6.07 Å². The van der Waals surface area contributed by atoms with Crippen molar-refractivity contribution < 1.29 is 13.2 Å². The van der Waals surface area contributed by atoms with Gasteiger partial charge >= 0.3 is 0 Å². The molecule has 0 spiro atoms. The van der Waals surface area contributed by atoms with E-state index in [0.29, 0.717) is 28.8 Å². The maximum atomic E-state index is 11.5. The maximum absolute atomic E-state index is 11.5. The number of sulfonamides is 1. The SMILES string of the molecule is COc1ccc(S(N)(=O)=O)cc1NC1CC(C)(C)CC1C. The van der Waals surface area contributed by atoms with E-state index < -0.39 is 10.0 Å². The van der Waals surface area contributed by atoms with E-state index in [0.717, 1.165) is 12.8 Å². The predicted molar refractivity (Wildman–Crippen MR) is 84.0 cm³/mol. The molecule has 1 saturated carbocycles. The Labute approximate surface area is 126 Å². The number of nitrogens with one attached hydrogen (secondary N) is 1. The number of ether oxygens (including phenoxy) is 1. The van der Waals surface area contributed by atoms with Crippen molar-refractivity contribution in [1.29, 1.82) is 0 Å². The molecule has 21 heavy (non-hydrogen) atoms. The van der Waals surface area contributed by atoms with E-state index in [9.17, 15) is 8.42 Å². The van der Waals surface area contributed by atoms with E-state index in [-0.39, 0.29) is 4.90 Å². The minimum Gasteiger partial charge on any atom is -0.495 e. The Balaban J connectivity index is 2.30. The van der Waals surface area contributed by atoms with E-state index in [4.69, 9.17) is 9.88 Å². The fraction of sp³-hybridized carbons (Fsp3) is 0.600. The monoisotopic (exact) mass is 312 g/mol. The molecule has 0 heterocycles. The molecule has 2 unspecified atom stereocenters. The lowest BCUT2D eigenvalue weighted by Crippen LogP contribution is -2.23. The maximum Gasteiger partial charge on any atom is 0.238 e. The van der Waals surface area contributed by atoms with Gasteiger partial charge in [-0.1, -0.05) is 20.8 Å². The van der Waals surface area contributed by atoms with Crippen LogP contribution in [0.1, 0.15) is 33.6 Å². The number of benzene rings is 1. The molecule has 1 aliphatic carbocycles. The average Bonchev–Trinajstić information content (AvgIpc) is 2.61. The number of primary sulfonamides is 1. The van der Waals surface area contributed by atoms with Gasteiger partial charge in [0.15, 0.2) is 0 Å². The lowest BCUT2D eigenvalue weighted by Gasteiger charge is -2.21. The van der Waals surface area contributed by atoms with Crippen LogP contribution in [-0.2, 0) is 10.0 Å². The highest BCUT2D eigenvalue weighted by Crippen LogP contribution is 2.43. The summed E-state index contributed by atoms with van der Waals surface area (Å²) in [6.07, 6.45) is 2.18. The zero-order chi connectivity index (χ0) is 15.8. The Morgan fingerprint density at radius 2 is 2.00 bits per heavy atom. The quantitative estimate of drug-likeness (QED) is 0.895. The average molecular weight is 312 g/mol. The highest BCUT2D eigenvalue weighted by atomic mass is 32.2. The lowest BCUT2D eigenvalue weighted by molar-refractivity contribution is 0.366. The number of rotatable bonds is 4. The minimum atomic E-state index is -3.72. The summed E-state index contributed by atoms with van der Waals surface area (Å²) in [4.78, 5) is 0.0933. The molecule has 0 saturated heterocycles. The van der Waals surface area contributed by atoms with Crippen molar-refractivity contribution in [3.63, 3.8) is 0 Å². The molecule has 2 rings (SSSR count). The van der Waals surface area contributed by atoms with Crippen molar-refractivity contribution >= 4 is 15.7 Å². The summed E-state index contributed by atoms with van der Waals surface area (Å²) >= 11 is 0. The van der Waals surface area contributed by atoms with Crippen LogP contribution in [-0.4, -0.2) is 21.6 Å². The van der Waals surface area contributed by atoms with Crippen LogP contribution in [0.3, 0.4) is 0 Å². The molecule has 0 bridgehead atoms. The van der Waals surface area contributed by atoms with Gasteiger partial charge in [-0.25, -0.2) is 13.6 Å². The van der Waals surface area contributed by atoms with Gasteiger partial charge in [0.1, 0.15) is 5.75 Å². The predicted octanol–water partition coefficient (Wildman–Crippen LogP) is 2.58. The second kappa shape index (κ2) is 5.50. The molecule has 5 nitrogen and oxygen atoms in total. The third-order valence-corrected chi connectivity index (χ3v) is 5.09. The van der Waals surface area contributed by atoms with Gasteiger partial charge in [0, 0.05) is 6.04 Å². The Bertz CT molecular complexity index is 626. The molecule has 1 aliphatic rings. The summed E-state index contributed by atoms with van der Waals surface area (Å²) in [5.41, 5.74) is 0.973. The molecule has 1 aromatic rings. The number of hydrogen-bond acceptors (Lipinski definition) is 4. The van der Waals surface area contributed by atoms with Crippen LogP contribution in [0.15, 0.2) is 23.1 Å². The summed E-state index contributed by atoms with van der Waals surface area (Å²) in [6, 6.07) is 4.94. The third kappa shape index (κ3) is 3.68. The summed E-state index contributed by atoms with van der Waals surface area (Å²) in [6.45, 7) is 6.72. The molecule has 1 fully saturated rings. The topological polar surface area (TPSA) is 81.4 Å². The van der Waals surface area contributed by atoms with Gasteiger partial charge in [-0.05, 0) is 42.4 Å². The highest BCUT2D eigenvalue weighted by Gasteiger charge is 2.36. The first-order valence-corrected chi connectivity index (χ1v) is 8.64. The Morgan fingerprint density at radius 3 is 2.48 bits per heavy atom. The van der Waals surface area contributed by atoms with E-state index in [1.54, 1.807) is 19.2 Å². The van der Waals surface area contributed by atoms with Gasteiger partial charge in [-0.3, -0.25) is 0 Å². The molecule has 0 aliphatic heterocycles. The van der Waals surface area contributed by atoms with Crippen molar-refractivity contribution in [3.8, 4) is 5.75 Å². The van der Waals surface area contributed by atoms with Gasteiger partial charge < -0.3 is 10.1 Å². The van der Waals surface area contributed by atoms with E-state index in [1.807, 2.05) is 0 Å². The second-order valence-electron chi connectivity index (χ2n) is 6.71. The van der Waals surface area contributed by atoms with Crippen LogP contribution >= 0.6 is 0 Å². The number of hydrogen-bond donors (Lipinski definition) is 2. The fourth-order valence-corrected chi connectivity index (χ4v) is 3.80. The van der Waals surface area contributed by atoms with Crippen LogP contribution < -0.4 is 15.2 Å². The standard InChI is InChI=1S/C15H24N2O3S/c1-10-8-15(2,3)9-13(10)17-12-7-11(21(16,18)19)5-6-14(12)20-4/h5-7,10,13,17H,8-9H2,1-4H3,(H2,16,18,19). The molecule has 3 N–H and O–H groups in total. The van der Waals surface area contributed by atoms with Crippen molar-refractivity contribution in [3.05, 3.63) is 18.2 Å². The minimum absolute atomic E-state index is 0.0933. The van der Waals surface area contributed by atoms with E-state index in [2.05, 4.69) is 26.1 Å². The van der Waals surface area contributed by atoms with Crippen LogP contribution in [0, 0.1) is 11.3 Å². The van der Waals surface area contributed by atoms with E-state index >= 15 is 0 Å². The Morgan fingerprint density at radius 1 is 1.33 bits per heavy atom. The van der Waals surface area contributed by atoms with Gasteiger partial charge in [0.2, 0.25) is 10.0 Å². The fourth-order valence-electron chi connectivity index (χ4n) is 3.26. The van der Waals surface area contributed by atoms with Crippen molar-refractivity contribution in [2.45, 2.75) is 44.6 Å². The normalized spacial score (nSPS) is 24.8. The molecule has 0 amide bonds. The zero-order valence-electron chi connectivity index (χ0n) is 13.0. The molecular weight excluding hydrogens is 288 g/mol. The third-order valence-electron chi connectivity index (χ3n) is 4.17. The molecular formula is C15H24N2O3S. The highest BCUT2D eigenvalue weighted by molar-refractivity contribution is 7.89. The molecule has 0 radical (unpaired) electrons. The van der Waals surface area contributed by atoms with Crippen LogP contribution in [0.5, 0.6) is 5.75 Å². The second-order valence-corrected chi connectivity index (χ2v) is 8.27. The molecule has 0 aromatic heterocycles. The Hall–Kier alpha value is -1.27. The number of anilines is 1. The van der Waals surface area contributed by atoms with Gasteiger partial charge in [0.05, 0.1) is 17.7 Å². The van der Waals surface area contributed by atoms with Crippen LogP contribution in [0.2, 0.25) is 0 Å². The smallest absolute Gasteiger partial charge is 0.238 e. The number of nitrogens with two attached hydrogens (primary N) is 1. The first-order valence-electron chi connectivity index (χ1n) is 7.10. The van der Waals surface area contributed by atoms with Crippen LogP contribution in [0.4, 0.5) is 5.69 Å². The summed E-state index contributed by atoms with van der Waals surface area (Å²) in [7, 11) is -2.15.